The molecule has 0 spiro atoms. The molecule has 18 heavy (non-hydrogen) atoms. The van der Waals surface area contributed by atoms with Crippen molar-refractivity contribution in [1.82, 2.24) is 10.2 Å². The maximum atomic E-state index is 12.3. The van der Waals surface area contributed by atoms with E-state index in [9.17, 15) is 19.5 Å². The van der Waals surface area contributed by atoms with Gasteiger partial charge in [0.25, 0.3) is 0 Å². The summed E-state index contributed by atoms with van der Waals surface area (Å²) in [7, 11) is 0. The van der Waals surface area contributed by atoms with Gasteiger partial charge in [-0.05, 0) is 5.41 Å². The second-order valence-corrected chi connectivity index (χ2v) is 5.67. The van der Waals surface area contributed by atoms with Gasteiger partial charge in [0, 0.05) is 13.0 Å². The second-order valence-electron chi connectivity index (χ2n) is 5.67. The molecule has 0 bridgehead atoms. The van der Waals surface area contributed by atoms with Crippen molar-refractivity contribution in [2.75, 3.05) is 6.54 Å². The minimum Gasteiger partial charge on any atom is -0.391 e. The third-order valence-corrected chi connectivity index (χ3v) is 3.11. The Labute approximate surface area is 106 Å². The Morgan fingerprint density at radius 2 is 2.06 bits per heavy atom. The van der Waals surface area contributed by atoms with Crippen molar-refractivity contribution >= 4 is 18.6 Å². The summed E-state index contributed by atoms with van der Waals surface area (Å²) >= 11 is 0. The van der Waals surface area contributed by atoms with Crippen molar-refractivity contribution < 1.29 is 19.5 Å². The minimum absolute atomic E-state index is 0.134. The molecule has 1 aliphatic rings. The van der Waals surface area contributed by atoms with Crippen LogP contribution in [-0.4, -0.2) is 53.3 Å². The Hall–Kier alpha value is -1.43. The third kappa shape index (κ3) is 3.07. The molecule has 0 aliphatic carbocycles. The Morgan fingerprint density at radius 1 is 1.44 bits per heavy atom. The van der Waals surface area contributed by atoms with Crippen LogP contribution in [0.4, 0.5) is 0 Å². The summed E-state index contributed by atoms with van der Waals surface area (Å²) in [6.45, 7) is 5.62. The highest BCUT2D eigenvalue weighted by Gasteiger charge is 2.40. The van der Waals surface area contributed by atoms with Gasteiger partial charge in [0.05, 0.1) is 12.1 Å². The molecule has 0 aromatic rings. The number of likely N-dealkylation sites (tertiary alicyclic amines) is 1. The molecule has 0 aromatic heterocycles. The zero-order valence-electron chi connectivity index (χ0n) is 10.9. The summed E-state index contributed by atoms with van der Waals surface area (Å²) in [6.07, 6.45) is 0.721. The number of hydrogen-bond acceptors (Lipinski definition) is 4. The standard InChI is InChI=1S/C12H20N2O4/c1-12(2,3)10(13-7-16)11(18)14-5-9(17)4-8(14)6-15/h6-10,17H,4-5H2,1-3H3,(H,13,16). The van der Waals surface area contributed by atoms with E-state index >= 15 is 0 Å². The lowest BCUT2D eigenvalue weighted by Gasteiger charge is -2.33. The summed E-state index contributed by atoms with van der Waals surface area (Å²) < 4.78 is 0. The fourth-order valence-corrected chi connectivity index (χ4v) is 2.15. The molecule has 1 rings (SSSR count). The van der Waals surface area contributed by atoms with E-state index < -0.39 is 23.6 Å². The Bertz CT molecular complexity index is 337. The number of aliphatic hydroxyl groups excluding tert-OH is 1. The van der Waals surface area contributed by atoms with Gasteiger partial charge in [0.1, 0.15) is 12.3 Å². The lowest BCUT2D eigenvalue weighted by atomic mass is 9.86. The number of aldehydes is 1. The molecule has 3 atom stereocenters. The van der Waals surface area contributed by atoms with E-state index in [0.717, 1.165) is 0 Å². The lowest BCUT2D eigenvalue weighted by molar-refractivity contribution is -0.140. The first-order chi connectivity index (χ1) is 8.31. The van der Waals surface area contributed by atoms with Gasteiger partial charge in [-0.25, -0.2) is 0 Å². The molecular weight excluding hydrogens is 236 g/mol. The number of amides is 2. The van der Waals surface area contributed by atoms with Crippen LogP contribution in [-0.2, 0) is 14.4 Å². The van der Waals surface area contributed by atoms with E-state index in [4.69, 9.17) is 0 Å². The zero-order valence-corrected chi connectivity index (χ0v) is 10.9. The first-order valence-electron chi connectivity index (χ1n) is 5.94. The Morgan fingerprint density at radius 3 is 2.50 bits per heavy atom. The summed E-state index contributed by atoms with van der Waals surface area (Å²) in [5.74, 6) is -0.330. The number of carbonyl (C=O) groups is 3. The quantitative estimate of drug-likeness (QED) is 0.652. The van der Waals surface area contributed by atoms with E-state index in [0.29, 0.717) is 12.7 Å². The van der Waals surface area contributed by atoms with E-state index in [1.165, 1.54) is 4.90 Å². The van der Waals surface area contributed by atoms with Gasteiger partial charge in [-0.2, -0.15) is 0 Å². The van der Waals surface area contributed by atoms with Crippen LogP contribution in [0, 0.1) is 5.41 Å². The van der Waals surface area contributed by atoms with Crippen LogP contribution in [0.25, 0.3) is 0 Å². The fraction of sp³-hybridized carbons (Fsp3) is 0.750. The van der Waals surface area contributed by atoms with E-state index in [-0.39, 0.29) is 18.9 Å². The Balaban J connectivity index is 2.89. The predicted molar refractivity (Wildman–Crippen MR) is 64.6 cm³/mol. The molecule has 102 valence electrons. The average Bonchev–Trinajstić information content (AvgIpc) is 2.65. The molecule has 0 aromatic carbocycles. The van der Waals surface area contributed by atoms with Crippen molar-refractivity contribution in [2.45, 2.75) is 45.4 Å². The molecule has 1 aliphatic heterocycles. The Kier molecular flexibility index (Phi) is 4.45. The second kappa shape index (κ2) is 5.48. The van der Waals surface area contributed by atoms with Gasteiger partial charge in [-0.3, -0.25) is 9.59 Å². The SMILES string of the molecule is CC(C)(C)C(NC=O)C(=O)N1CC(O)CC1C=O. The summed E-state index contributed by atoms with van der Waals surface area (Å²) in [5.41, 5.74) is -0.459. The van der Waals surface area contributed by atoms with Crippen LogP contribution < -0.4 is 5.32 Å². The van der Waals surface area contributed by atoms with E-state index in [1.807, 2.05) is 20.8 Å². The topological polar surface area (TPSA) is 86.7 Å². The third-order valence-electron chi connectivity index (χ3n) is 3.11. The number of β-amino-alcohol motifs (C(OH)–C–C–N with tert-alkyl or cyclic N) is 1. The normalized spacial score (nSPS) is 25.7. The zero-order chi connectivity index (χ0) is 13.9. The minimum atomic E-state index is -0.706. The van der Waals surface area contributed by atoms with Gasteiger partial charge >= 0.3 is 0 Å². The smallest absolute Gasteiger partial charge is 0.246 e. The molecule has 2 amide bonds. The largest absolute Gasteiger partial charge is 0.391 e. The number of nitrogens with one attached hydrogen (secondary N) is 1. The predicted octanol–water partition coefficient (Wildman–Crippen LogP) is -0.692. The van der Waals surface area contributed by atoms with Crippen molar-refractivity contribution in [3.05, 3.63) is 0 Å². The molecule has 0 saturated carbocycles. The van der Waals surface area contributed by atoms with Crippen LogP contribution in [0.1, 0.15) is 27.2 Å². The highest BCUT2D eigenvalue weighted by atomic mass is 16.3. The maximum Gasteiger partial charge on any atom is 0.246 e. The number of carbonyl (C=O) groups excluding carboxylic acids is 3. The van der Waals surface area contributed by atoms with E-state index in [2.05, 4.69) is 5.32 Å². The molecular formula is C12H20N2O4. The molecule has 1 heterocycles. The summed E-state index contributed by atoms with van der Waals surface area (Å²) in [6, 6.07) is -1.31. The molecule has 2 N–H and O–H groups in total. The average molecular weight is 256 g/mol. The maximum absolute atomic E-state index is 12.3. The number of rotatable bonds is 4. The van der Waals surface area contributed by atoms with E-state index in [1.54, 1.807) is 0 Å². The number of nitrogens with zero attached hydrogens (tertiary/aromatic N) is 1. The number of aliphatic hydroxyl groups is 1. The first kappa shape index (κ1) is 14.6. The van der Waals surface area contributed by atoms with Gasteiger partial charge < -0.3 is 20.1 Å². The van der Waals surface area contributed by atoms with Crippen molar-refractivity contribution in [3.8, 4) is 0 Å². The van der Waals surface area contributed by atoms with Crippen LogP contribution in [0.2, 0.25) is 0 Å². The molecule has 6 heteroatoms. The molecule has 6 nitrogen and oxygen atoms in total. The number of hydrogen-bond donors (Lipinski definition) is 2. The van der Waals surface area contributed by atoms with Gasteiger partial charge in [0.2, 0.25) is 12.3 Å². The highest BCUT2D eigenvalue weighted by molar-refractivity contribution is 5.87. The lowest BCUT2D eigenvalue weighted by Crippen LogP contribution is -2.54. The van der Waals surface area contributed by atoms with Gasteiger partial charge in [0.15, 0.2) is 0 Å². The molecule has 1 fully saturated rings. The van der Waals surface area contributed by atoms with Crippen molar-refractivity contribution in [3.63, 3.8) is 0 Å². The van der Waals surface area contributed by atoms with Gasteiger partial charge in [-0.15, -0.1) is 0 Å². The highest BCUT2D eigenvalue weighted by Crippen LogP contribution is 2.24. The first-order valence-corrected chi connectivity index (χ1v) is 5.94. The van der Waals surface area contributed by atoms with Crippen molar-refractivity contribution in [1.29, 1.82) is 0 Å². The van der Waals surface area contributed by atoms with Crippen LogP contribution in [0.5, 0.6) is 0 Å². The van der Waals surface area contributed by atoms with Crippen LogP contribution in [0.15, 0.2) is 0 Å². The summed E-state index contributed by atoms with van der Waals surface area (Å²) in [4.78, 5) is 35.2. The van der Waals surface area contributed by atoms with Crippen LogP contribution >= 0.6 is 0 Å². The van der Waals surface area contributed by atoms with Crippen molar-refractivity contribution in [2.24, 2.45) is 5.41 Å². The van der Waals surface area contributed by atoms with Gasteiger partial charge in [-0.1, -0.05) is 20.8 Å². The molecule has 3 unspecified atom stereocenters. The molecule has 0 radical (unpaired) electrons. The molecule has 1 saturated heterocycles. The van der Waals surface area contributed by atoms with Crippen LogP contribution in [0.3, 0.4) is 0 Å². The summed E-state index contributed by atoms with van der Waals surface area (Å²) in [5, 5.41) is 12.0. The monoisotopic (exact) mass is 256 g/mol. The fourth-order valence-electron chi connectivity index (χ4n) is 2.15.